The Morgan fingerprint density at radius 1 is 0.276 bits per heavy atom. The fourth-order valence-corrected chi connectivity index (χ4v) is 9.29. The van der Waals surface area contributed by atoms with Crippen LogP contribution in [0.2, 0.25) is 0 Å². The molecule has 438 valence electrons. The first-order valence-corrected chi connectivity index (χ1v) is 32.6. The number of ether oxygens (including phenoxy) is 3. The Hall–Kier alpha value is -3.41. The van der Waals surface area contributed by atoms with E-state index in [0.717, 1.165) is 77.0 Å². The zero-order valence-electron chi connectivity index (χ0n) is 50.3. The first-order chi connectivity index (χ1) is 37.5. The van der Waals surface area contributed by atoms with E-state index in [9.17, 15) is 14.4 Å². The maximum Gasteiger partial charge on any atom is 0.306 e. The summed E-state index contributed by atoms with van der Waals surface area (Å²) in [4.78, 5) is 38.3. The van der Waals surface area contributed by atoms with Crippen LogP contribution in [0.1, 0.15) is 323 Å². The number of unbranched alkanes of at least 4 members (excludes halogenated alkanes) is 34. The summed E-state index contributed by atoms with van der Waals surface area (Å²) in [5, 5.41) is 0. The van der Waals surface area contributed by atoms with Crippen molar-refractivity contribution in [3.63, 3.8) is 0 Å². The summed E-state index contributed by atoms with van der Waals surface area (Å²) in [7, 11) is 0. The van der Waals surface area contributed by atoms with Gasteiger partial charge in [-0.3, -0.25) is 14.4 Å². The molecule has 0 fully saturated rings. The Balaban J connectivity index is 4.45. The largest absolute Gasteiger partial charge is 0.462 e. The molecule has 0 aromatic rings. The molecule has 0 rings (SSSR count). The van der Waals surface area contributed by atoms with Gasteiger partial charge >= 0.3 is 17.9 Å². The standard InChI is InChI=1S/C70H122O6/c1-4-7-10-13-16-19-22-25-28-31-34-35-37-39-42-45-48-51-54-57-60-63-69(72)75-66-67(65-74-68(71)62-59-56-53-50-47-44-41-38-33-30-27-24-21-18-15-12-9-6-3)76-70(73)64-61-58-55-52-49-46-43-40-36-32-29-26-23-20-17-14-11-8-5-2/h8,11,17,20,26,29-30,33,36,40,46,49,55,58,67H,4-7,9-10,12-16,18-19,21-25,27-28,31-32,34-35,37-39,41-45,47-48,50-54,56-57,59-66H2,1-3H3/b11-8-,20-17-,29-26-,33-30-,40-36-,49-46-,58-55-. The second-order valence-corrected chi connectivity index (χ2v) is 21.6. The quantitative estimate of drug-likeness (QED) is 0.0261. The molecule has 0 bridgehead atoms. The molecule has 0 aromatic carbocycles. The topological polar surface area (TPSA) is 78.9 Å². The lowest BCUT2D eigenvalue weighted by molar-refractivity contribution is -0.166. The van der Waals surface area contributed by atoms with E-state index < -0.39 is 6.10 Å². The molecule has 1 unspecified atom stereocenters. The minimum absolute atomic E-state index is 0.105. The fraction of sp³-hybridized carbons (Fsp3) is 0.757. The number of hydrogen-bond donors (Lipinski definition) is 0. The number of rotatable bonds is 59. The van der Waals surface area contributed by atoms with Crippen molar-refractivity contribution in [3.8, 4) is 0 Å². The van der Waals surface area contributed by atoms with E-state index in [1.54, 1.807) is 0 Å². The molecule has 76 heavy (non-hydrogen) atoms. The molecule has 0 spiro atoms. The van der Waals surface area contributed by atoms with Gasteiger partial charge in [0.05, 0.1) is 0 Å². The van der Waals surface area contributed by atoms with Gasteiger partial charge in [-0.2, -0.15) is 0 Å². The van der Waals surface area contributed by atoms with E-state index in [4.69, 9.17) is 14.2 Å². The molecule has 0 N–H and O–H groups in total. The minimum atomic E-state index is -0.819. The predicted molar refractivity (Wildman–Crippen MR) is 330 cm³/mol. The van der Waals surface area contributed by atoms with Crippen molar-refractivity contribution in [2.45, 2.75) is 329 Å². The third-order valence-corrected chi connectivity index (χ3v) is 14.1. The molecule has 0 aliphatic carbocycles. The Kier molecular flexibility index (Phi) is 61.2. The third kappa shape index (κ3) is 61.4. The lowest BCUT2D eigenvalue weighted by Gasteiger charge is -2.18. The van der Waals surface area contributed by atoms with Gasteiger partial charge in [0.25, 0.3) is 0 Å². The molecule has 6 heteroatoms. The van der Waals surface area contributed by atoms with Crippen molar-refractivity contribution >= 4 is 17.9 Å². The van der Waals surface area contributed by atoms with E-state index in [1.165, 1.54) is 199 Å². The molecule has 1 atom stereocenters. The highest BCUT2D eigenvalue weighted by Crippen LogP contribution is 2.17. The zero-order valence-corrected chi connectivity index (χ0v) is 50.3. The highest BCUT2D eigenvalue weighted by molar-refractivity contribution is 5.71. The van der Waals surface area contributed by atoms with Gasteiger partial charge < -0.3 is 14.2 Å². The van der Waals surface area contributed by atoms with E-state index >= 15 is 0 Å². The summed E-state index contributed by atoms with van der Waals surface area (Å²) in [6, 6.07) is 0. The van der Waals surface area contributed by atoms with Crippen molar-refractivity contribution in [1.82, 2.24) is 0 Å². The molecule has 0 heterocycles. The molecule has 0 aliphatic heterocycles. The van der Waals surface area contributed by atoms with Crippen LogP contribution >= 0.6 is 0 Å². The molecular weight excluding hydrogens is 937 g/mol. The van der Waals surface area contributed by atoms with Crippen molar-refractivity contribution in [1.29, 1.82) is 0 Å². The monoisotopic (exact) mass is 1060 g/mol. The van der Waals surface area contributed by atoms with Gasteiger partial charge in [0.2, 0.25) is 0 Å². The van der Waals surface area contributed by atoms with Crippen LogP contribution in [0, 0.1) is 0 Å². The Morgan fingerprint density at radius 3 is 0.855 bits per heavy atom. The summed E-state index contributed by atoms with van der Waals surface area (Å²) >= 11 is 0. The van der Waals surface area contributed by atoms with Crippen LogP contribution in [0.15, 0.2) is 85.1 Å². The van der Waals surface area contributed by atoms with E-state index in [2.05, 4.69) is 99.8 Å². The Bertz CT molecular complexity index is 1450. The molecule has 0 amide bonds. The summed E-state index contributed by atoms with van der Waals surface area (Å²) in [5.74, 6) is -0.980. The van der Waals surface area contributed by atoms with Crippen molar-refractivity contribution < 1.29 is 28.6 Å². The number of hydrogen-bond acceptors (Lipinski definition) is 6. The first-order valence-electron chi connectivity index (χ1n) is 32.6. The summed E-state index contributed by atoms with van der Waals surface area (Å²) < 4.78 is 16.9. The second kappa shape index (κ2) is 64.1. The van der Waals surface area contributed by atoms with E-state index in [1.807, 2.05) is 6.08 Å². The minimum Gasteiger partial charge on any atom is -0.462 e. The highest BCUT2D eigenvalue weighted by Gasteiger charge is 2.19. The van der Waals surface area contributed by atoms with Gasteiger partial charge in [0.15, 0.2) is 6.10 Å². The van der Waals surface area contributed by atoms with Crippen LogP contribution in [0.4, 0.5) is 0 Å². The van der Waals surface area contributed by atoms with Crippen molar-refractivity contribution in [3.05, 3.63) is 85.1 Å². The van der Waals surface area contributed by atoms with Gasteiger partial charge in [0, 0.05) is 19.3 Å². The van der Waals surface area contributed by atoms with Crippen LogP contribution in [0.3, 0.4) is 0 Å². The lowest BCUT2D eigenvalue weighted by atomic mass is 10.0. The number of carbonyl (C=O) groups excluding carboxylic acids is 3. The van der Waals surface area contributed by atoms with Crippen LogP contribution in [-0.4, -0.2) is 37.2 Å². The summed E-state index contributed by atoms with van der Waals surface area (Å²) in [5.41, 5.74) is 0. The SMILES string of the molecule is CC/C=C\C/C=C\C/C=C\C/C=C\C/C=C\C/C=C\CCC(=O)OC(COC(=O)CCCCCCCCC/C=C\CCCCCCCCC)COC(=O)CCCCCCCCCCCCCCCCCCCCCCC. The fourth-order valence-electron chi connectivity index (χ4n) is 9.29. The average Bonchev–Trinajstić information content (AvgIpc) is 3.42. The molecule has 0 saturated heterocycles. The van der Waals surface area contributed by atoms with Gasteiger partial charge in [-0.25, -0.2) is 0 Å². The third-order valence-electron chi connectivity index (χ3n) is 14.1. The Morgan fingerprint density at radius 2 is 0.539 bits per heavy atom. The number of esters is 3. The molecule has 0 aromatic heterocycles. The second-order valence-electron chi connectivity index (χ2n) is 21.6. The van der Waals surface area contributed by atoms with Gasteiger partial charge in [-0.15, -0.1) is 0 Å². The van der Waals surface area contributed by atoms with Crippen LogP contribution in [0.25, 0.3) is 0 Å². The van der Waals surface area contributed by atoms with Gasteiger partial charge in [-0.05, 0) is 83.5 Å². The molecule has 6 nitrogen and oxygen atoms in total. The molecular formula is C70H122O6. The van der Waals surface area contributed by atoms with Crippen molar-refractivity contribution in [2.24, 2.45) is 0 Å². The van der Waals surface area contributed by atoms with Gasteiger partial charge in [-0.1, -0.05) is 305 Å². The summed E-state index contributed by atoms with van der Waals surface area (Å²) in [6.45, 7) is 6.50. The predicted octanol–water partition coefficient (Wildman–Crippen LogP) is 22.3. The highest BCUT2D eigenvalue weighted by atomic mass is 16.6. The van der Waals surface area contributed by atoms with Crippen LogP contribution in [-0.2, 0) is 28.6 Å². The average molecular weight is 1060 g/mol. The normalized spacial score (nSPS) is 12.6. The maximum atomic E-state index is 12.9. The van der Waals surface area contributed by atoms with Crippen LogP contribution < -0.4 is 0 Å². The smallest absolute Gasteiger partial charge is 0.306 e. The molecule has 0 saturated carbocycles. The zero-order chi connectivity index (χ0) is 55.0. The Labute approximate surface area is 471 Å². The number of carbonyl (C=O) groups is 3. The van der Waals surface area contributed by atoms with Crippen LogP contribution in [0.5, 0.6) is 0 Å². The summed E-state index contributed by atoms with van der Waals surface area (Å²) in [6.07, 6.45) is 84.6. The lowest BCUT2D eigenvalue weighted by Crippen LogP contribution is -2.30. The molecule has 0 aliphatic rings. The van der Waals surface area contributed by atoms with Gasteiger partial charge in [0.1, 0.15) is 13.2 Å². The van der Waals surface area contributed by atoms with E-state index in [-0.39, 0.29) is 37.5 Å². The van der Waals surface area contributed by atoms with Crippen molar-refractivity contribution in [2.75, 3.05) is 13.2 Å². The molecule has 0 radical (unpaired) electrons. The van der Waals surface area contributed by atoms with E-state index in [0.29, 0.717) is 19.3 Å². The number of allylic oxidation sites excluding steroid dienone is 14. The first kappa shape index (κ1) is 72.6. The maximum absolute atomic E-state index is 12.9.